The molecule has 1 amide bonds. The number of carbonyl (C=O) groups excluding carboxylic acids is 1. The van der Waals surface area contributed by atoms with E-state index in [0.717, 1.165) is 43.0 Å². The molecule has 31 heavy (non-hydrogen) atoms. The van der Waals surface area contributed by atoms with Gasteiger partial charge in [0.15, 0.2) is 0 Å². The molecule has 1 saturated heterocycles. The molecule has 1 N–H and O–H groups in total. The van der Waals surface area contributed by atoms with E-state index in [9.17, 15) is 4.79 Å². The van der Waals surface area contributed by atoms with Crippen LogP contribution in [0.5, 0.6) is 0 Å². The van der Waals surface area contributed by atoms with Crippen molar-refractivity contribution in [3.63, 3.8) is 0 Å². The van der Waals surface area contributed by atoms with Gasteiger partial charge in [-0.3, -0.25) is 4.79 Å². The highest BCUT2D eigenvalue weighted by molar-refractivity contribution is 6.10. The molecule has 0 unspecified atom stereocenters. The minimum Gasteiger partial charge on any atom is -0.354 e. The van der Waals surface area contributed by atoms with E-state index in [4.69, 9.17) is 0 Å². The van der Waals surface area contributed by atoms with E-state index in [1.54, 1.807) is 11.0 Å². The molecule has 1 fully saturated rings. The van der Waals surface area contributed by atoms with E-state index < -0.39 is 0 Å². The van der Waals surface area contributed by atoms with Crippen molar-refractivity contribution >= 4 is 23.4 Å². The van der Waals surface area contributed by atoms with Crippen LogP contribution < -0.4 is 15.1 Å². The lowest BCUT2D eigenvalue weighted by Gasteiger charge is -2.27. The average Bonchev–Trinajstić information content (AvgIpc) is 3.45. The standard InChI is InChI=1S/C21H25N9O/c1-3-22-21-23-12-17-19(24-21)28-10-6-9-16(28)13-29(20(17)31)15-8-5-7-14(11-15)18-25-27-30(4-2)26-18/h5,7-8,11-12,16H,3-4,6,9-10,13H2,1-2H3,(H,22,23,24)/t16-/m0/s1. The average molecular weight is 419 g/mol. The fourth-order valence-corrected chi connectivity index (χ4v) is 4.26. The molecule has 0 bridgehead atoms. The molecule has 1 aromatic carbocycles. The first kappa shape index (κ1) is 19.4. The maximum Gasteiger partial charge on any atom is 0.263 e. The Morgan fingerprint density at radius 2 is 2.16 bits per heavy atom. The largest absolute Gasteiger partial charge is 0.354 e. The fourth-order valence-electron chi connectivity index (χ4n) is 4.26. The van der Waals surface area contributed by atoms with Crippen molar-refractivity contribution in [2.45, 2.75) is 39.3 Å². The van der Waals surface area contributed by atoms with Crippen LogP contribution in [0.3, 0.4) is 0 Å². The van der Waals surface area contributed by atoms with Gasteiger partial charge >= 0.3 is 0 Å². The predicted octanol–water partition coefficient (Wildman–Crippen LogP) is 2.21. The number of hydrogen-bond donors (Lipinski definition) is 1. The van der Waals surface area contributed by atoms with Crippen molar-refractivity contribution in [2.75, 3.05) is 34.8 Å². The zero-order chi connectivity index (χ0) is 21.4. The van der Waals surface area contributed by atoms with E-state index in [-0.39, 0.29) is 11.9 Å². The summed E-state index contributed by atoms with van der Waals surface area (Å²) < 4.78 is 0. The normalized spacial score (nSPS) is 18.0. The Labute approximate surface area is 180 Å². The van der Waals surface area contributed by atoms with Gasteiger partial charge in [-0.1, -0.05) is 12.1 Å². The summed E-state index contributed by atoms with van der Waals surface area (Å²) in [5.41, 5.74) is 2.17. The van der Waals surface area contributed by atoms with Crippen LogP contribution in [0.2, 0.25) is 0 Å². The zero-order valence-corrected chi connectivity index (χ0v) is 17.7. The third-order valence-electron chi connectivity index (χ3n) is 5.77. The van der Waals surface area contributed by atoms with Gasteiger partial charge in [-0.2, -0.15) is 9.78 Å². The minimum atomic E-state index is -0.0882. The number of tetrazole rings is 1. The van der Waals surface area contributed by atoms with Crippen LogP contribution in [0.1, 0.15) is 37.0 Å². The third-order valence-corrected chi connectivity index (χ3v) is 5.77. The summed E-state index contributed by atoms with van der Waals surface area (Å²) in [5.74, 6) is 1.74. The lowest BCUT2D eigenvalue weighted by atomic mass is 10.1. The van der Waals surface area contributed by atoms with Gasteiger partial charge in [-0.05, 0) is 44.0 Å². The van der Waals surface area contributed by atoms with Gasteiger partial charge in [0.05, 0.1) is 6.54 Å². The van der Waals surface area contributed by atoms with Gasteiger partial charge in [0.25, 0.3) is 5.91 Å². The molecule has 5 rings (SSSR count). The number of hydrogen-bond acceptors (Lipinski definition) is 8. The summed E-state index contributed by atoms with van der Waals surface area (Å²) in [6, 6.07) is 7.98. The van der Waals surface area contributed by atoms with Crippen LogP contribution >= 0.6 is 0 Å². The van der Waals surface area contributed by atoms with Gasteiger partial charge in [-0.25, -0.2) is 4.98 Å². The molecule has 10 heteroatoms. The number of rotatable bonds is 5. The van der Waals surface area contributed by atoms with Crippen molar-refractivity contribution in [1.82, 2.24) is 30.2 Å². The first-order valence-corrected chi connectivity index (χ1v) is 10.8. The second kappa shape index (κ2) is 7.93. The fraction of sp³-hybridized carbons (Fsp3) is 0.429. The zero-order valence-electron chi connectivity index (χ0n) is 17.7. The monoisotopic (exact) mass is 419 g/mol. The van der Waals surface area contributed by atoms with Crippen LogP contribution in [0.15, 0.2) is 30.5 Å². The summed E-state index contributed by atoms with van der Waals surface area (Å²) in [7, 11) is 0. The number of anilines is 3. The van der Waals surface area contributed by atoms with E-state index in [0.29, 0.717) is 30.4 Å². The highest BCUT2D eigenvalue weighted by atomic mass is 16.2. The second-order valence-corrected chi connectivity index (χ2v) is 7.72. The van der Waals surface area contributed by atoms with Gasteiger partial charge in [0.2, 0.25) is 11.8 Å². The van der Waals surface area contributed by atoms with Gasteiger partial charge in [0, 0.05) is 43.1 Å². The molecule has 3 aromatic rings. The van der Waals surface area contributed by atoms with Crippen molar-refractivity contribution in [3.8, 4) is 11.4 Å². The molecule has 0 radical (unpaired) electrons. The maximum atomic E-state index is 13.6. The van der Waals surface area contributed by atoms with Gasteiger partial charge in [0.1, 0.15) is 11.4 Å². The predicted molar refractivity (Wildman–Crippen MR) is 117 cm³/mol. The Morgan fingerprint density at radius 1 is 1.26 bits per heavy atom. The Balaban J connectivity index is 1.54. The molecule has 160 valence electrons. The lowest BCUT2D eigenvalue weighted by Crippen LogP contribution is -2.39. The summed E-state index contributed by atoms with van der Waals surface area (Å²) in [6.07, 6.45) is 3.75. The van der Waals surface area contributed by atoms with Crippen molar-refractivity contribution in [3.05, 3.63) is 36.0 Å². The first-order chi connectivity index (χ1) is 15.2. The molecule has 2 aliphatic heterocycles. The van der Waals surface area contributed by atoms with Gasteiger partial charge < -0.3 is 15.1 Å². The van der Waals surface area contributed by atoms with E-state index in [2.05, 4.69) is 35.6 Å². The highest BCUT2D eigenvalue weighted by Gasteiger charge is 2.37. The number of aryl methyl sites for hydroxylation is 1. The lowest BCUT2D eigenvalue weighted by molar-refractivity contribution is 0.0988. The van der Waals surface area contributed by atoms with Crippen molar-refractivity contribution < 1.29 is 4.79 Å². The molecule has 2 aliphatic rings. The van der Waals surface area contributed by atoms with E-state index >= 15 is 0 Å². The number of nitrogens with zero attached hydrogens (tertiary/aromatic N) is 8. The Bertz CT molecular complexity index is 1110. The van der Waals surface area contributed by atoms with E-state index in [1.165, 1.54) is 0 Å². The Kier molecular flexibility index (Phi) is 4.97. The number of aromatic nitrogens is 6. The van der Waals surface area contributed by atoms with Gasteiger partial charge in [-0.15, -0.1) is 10.2 Å². The summed E-state index contributed by atoms with van der Waals surface area (Å²) in [4.78, 5) is 28.3. The molecule has 2 aromatic heterocycles. The quantitative estimate of drug-likeness (QED) is 0.671. The summed E-state index contributed by atoms with van der Waals surface area (Å²) in [6.45, 7) is 6.84. The molecular weight excluding hydrogens is 394 g/mol. The van der Waals surface area contributed by atoms with Crippen LogP contribution in [0, 0.1) is 0 Å². The third kappa shape index (κ3) is 3.47. The smallest absolute Gasteiger partial charge is 0.263 e. The molecule has 4 heterocycles. The van der Waals surface area contributed by atoms with E-state index in [1.807, 2.05) is 43.0 Å². The van der Waals surface area contributed by atoms with Crippen LogP contribution in [0.4, 0.5) is 17.5 Å². The highest BCUT2D eigenvalue weighted by Crippen LogP contribution is 2.34. The SMILES string of the molecule is CCNc1ncc2c(n1)N1CCC[C@H]1CN(c1cccc(-c3nnn(CC)n3)c1)C2=O. The Hall–Kier alpha value is -3.56. The maximum absolute atomic E-state index is 13.6. The van der Waals surface area contributed by atoms with Crippen molar-refractivity contribution in [2.24, 2.45) is 0 Å². The number of carbonyl (C=O) groups is 1. The number of fused-ring (bicyclic) bond motifs is 3. The molecule has 0 spiro atoms. The molecular formula is C21H25N9O. The number of benzene rings is 1. The summed E-state index contributed by atoms with van der Waals surface area (Å²) >= 11 is 0. The molecule has 0 saturated carbocycles. The summed E-state index contributed by atoms with van der Waals surface area (Å²) in [5, 5.41) is 15.7. The first-order valence-electron chi connectivity index (χ1n) is 10.8. The number of nitrogens with one attached hydrogen (secondary N) is 1. The van der Waals surface area contributed by atoms with Crippen LogP contribution in [0.25, 0.3) is 11.4 Å². The Morgan fingerprint density at radius 3 is 2.97 bits per heavy atom. The molecule has 1 atom stereocenters. The van der Waals surface area contributed by atoms with Crippen molar-refractivity contribution in [1.29, 1.82) is 0 Å². The second-order valence-electron chi connectivity index (χ2n) is 7.72. The van der Waals surface area contributed by atoms with Crippen LogP contribution in [-0.4, -0.2) is 61.8 Å². The molecule has 0 aliphatic carbocycles. The minimum absolute atomic E-state index is 0.0882. The topological polar surface area (TPSA) is 105 Å². The number of amides is 1. The molecule has 10 nitrogen and oxygen atoms in total. The van der Waals surface area contributed by atoms with Crippen LogP contribution in [-0.2, 0) is 6.54 Å².